The second-order valence-corrected chi connectivity index (χ2v) is 19.3. The first-order valence-corrected chi connectivity index (χ1v) is 24.5. The second kappa shape index (κ2) is 20.3. The third kappa shape index (κ3) is 9.49. The molecule has 3 aromatic heterocycles. The SMILES string of the molecule is CCC(C)Oc1cccc(C2Oc3cc(-c4cnc(C5CCCN5C(=O)C(NC(O)OC)C(C)C)[nH]4)ccc3-c3cc4cc(-c5cnc(C6CCCN6C(=O)C(NC(=O)OC)C(C)C)[nH]5)ccc4n32)c1. The lowest BCUT2D eigenvalue weighted by atomic mass is 10.0. The van der Waals surface area contributed by atoms with Gasteiger partial charge in [0.15, 0.2) is 0 Å². The molecule has 7 unspecified atom stereocenters. The number of fused-ring (bicyclic) bond motifs is 5. The van der Waals surface area contributed by atoms with E-state index in [0.29, 0.717) is 30.5 Å². The summed E-state index contributed by atoms with van der Waals surface area (Å²) in [6.07, 6.45) is 5.28. The topological polar surface area (TPSA) is 201 Å². The average molecular weight is 956 g/mol. The molecule has 5 N–H and O–H groups in total. The van der Waals surface area contributed by atoms with Crippen molar-refractivity contribution in [2.75, 3.05) is 27.3 Å². The number of alkyl carbamates (subject to hydrolysis) is 1. The number of benzene rings is 3. The van der Waals surface area contributed by atoms with Crippen molar-refractivity contribution in [3.8, 4) is 45.3 Å². The number of nitrogens with zero attached hydrogens (tertiary/aromatic N) is 5. The van der Waals surface area contributed by atoms with E-state index < -0.39 is 30.8 Å². The smallest absolute Gasteiger partial charge is 0.407 e. The number of carbonyl (C=O) groups excluding carboxylic acids is 3. The normalized spacial score (nSPS) is 19.4. The van der Waals surface area contributed by atoms with E-state index in [4.69, 9.17) is 28.9 Å². The van der Waals surface area contributed by atoms with E-state index in [9.17, 15) is 19.5 Å². The third-order valence-corrected chi connectivity index (χ3v) is 14.0. The number of hydrogen-bond acceptors (Lipinski definition) is 11. The number of hydrogen-bond donors (Lipinski definition) is 5. The van der Waals surface area contributed by atoms with E-state index in [-0.39, 0.29) is 41.8 Å². The van der Waals surface area contributed by atoms with Crippen molar-refractivity contribution in [3.05, 3.63) is 96.3 Å². The second-order valence-electron chi connectivity index (χ2n) is 19.3. The molecular weight excluding hydrogens is 891 g/mol. The largest absolute Gasteiger partial charge is 0.491 e. The van der Waals surface area contributed by atoms with Crippen LogP contribution in [0.3, 0.4) is 0 Å². The van der Waals surface area contributed by atoms with Crippen LogP contribution in [0.25, 0.3) is 44.7 Å². The minimum atomic E-state index is -1.26. The van der Waals surface area contributed by atoms with Gasteiger partial charge in [-0.05, 0) is 93.3 Å². The number of imidazole rings is 2. The molecule has 2 saturated heterocycles. The van der Waals surface area contributed by atoms with Crippen molar-refractivity contribution in [1.29, 1.82) is 0 Å². The maximum absolute atomic E-state index is 13.9. The summed E-state index contributed by atoms with van der Waals surface area (Å²) >= 11 is 0. The molecule has 7 atom stereocenters. The van der Waals surface area contributed by atoms with Crippen LogP contribution >= 0.6 is 0 Å². The van der Waals surface area contributed by atoms with Gasteiger partial charge in [0.05, 0.1) is 66.3 Å². The fourth-order valence-corrected chi connectivity index (χ4v) is 10.1. The van der Waals surface area contributed by atoms with Crippen molar-refractivity contribution in [2.24, 2.45) is 11.8 Å². The number of H-pyrrole nitrogens is 2. The molecule has 0 aliphatic carbocycles. The van der Waals surface area contributed by atoms with Gasteiger partial charge >= 0.3 is 6.09 Å². The fraction of sp³-hybridized carbons (Fsp3) is 0.453. The molecule has 9 rings (SSSR count). The average Bonchev–Trinajstić information content (AvgIpc) is 4.23. The molecule has 2 fully saturated rings. The van der Waals surface area contributed by atoms with Gasteiger partial charge in [0.1, 0.15) is 29.2 Å². The molecule has 3 aliphatic heterocycles. The van der Waals surface area contributed by atoms with Gasteiger partial charge < -0.3 is 53.7 Å². The molecule has 70 heavy (non-hydrogen) atoms. The number of aromatic amines is 2. The van der Waals surface area contributed by atoms with Crippen LogP contribution in [0, 0.1) is 11.8 Å². The van der Waals surface area contributed by atoms with Crippen LogP contribution in [-0.2, 0) is 19.1 Å². The lowest BCUT2D eigenvalue weighted by Gasteiger charge is -2.31. The lowest BCUT2D eigenvalue weighted by Crippen LogP contribution is -2.52. The first kappa shape index (κ1) is 48.3. The highest BCUT2D eigenvalue weighted by Gasteiger charge is 2.39. The molecule has 370 valence electrons. The molecule has 3 aromatic carbocycles. The summed E-state index contributed by atoms with van der Waals surface area (Å²) in [5, 5.41) is 16.8. The number of aliphatic hydroxyl groups excluding tert-OH is 1. The van der Waals surface area contributed by atoms with Crippen molar-refractivity contribution in [3.63, 3.8) is 0 Å². The van der Waals surface area contributed by atoms with Gasteiger partial charge in [0.25, 0.3) is 0 Å². The predicted octanol–water partition coefficient (Wildman–Crippen LogP) is 8.45. The highest BCUT2D eigenvalue weighted by Crippen LogP contribution is 2.47. The Hall–Kier alpha value is -6.69. The maximum Gasteiger partial charge on any atom is 0.407 e. The predicted molar refractivity (Wildman–Crippen MR) is 264 cm³/mol. The fourth-order valence-electron chi connectivity index (χ4n) is 10.1. The van der Waals surface area contributed by atoms with Gasteiger partial charge in [0.2, 0.25) is 24.5 Å². The number of aliphatic hydroxyl groups is 1. The zero-order chi connectivity index (χ0) is 49.4. The van der Waals surface area contributed by atoms with Crippen LogP contribution < -0.4 is 20.1 Å². The number of nitrogens with one attached hydrogen (secondary N) is 4. The molecule has 17 heteroatoms. The van der Waals surface area contributed by atoms with Crippen LogP contribution in [0.15, 0.2) is 79.1 Å². The zero-order valence-electron chi connectivity index (χ0n) is 41.2. The number of methoxy groups -OCH3 is 2. The van der Waals surface area contributed by atoms with E-state index in [1.165, 1.54) is 14.2 Å². The van der Waals surface area contributed by atoms with Gasteiger partial charge in [-0.15, -0.1) is 0 Å². The third-order valence-electron chi connectivity index (χ3n) is 14.0. The van der Waals surface area contributed by atoms with Crippen molar-refractivity contribution < 1.29 is 38.4 Å². The molecule has 0 spiro atoms. The summed E-state index contributed by atoms with van der Waals surface area (Å²) in [5.41, 5.74) is 7.28. The van der Waals surface area contributed by atoms with Gasteiger partial charge in [-0.25, -0.2) is 14.8 Å². The Labute approximate surface area is 408 Å². The van der Waals surface area contributed by atoms with E-state index >= 15 is 0 Å². The van der Waals surface area contributed by atoms with Crippen molar-refractivity contribution >= 4 is 28.8 Å². The highest BCUT2D eigenvalue weighted by molar-refractivity contribution is 5.93. The quantitative estimate of drug-likeness (QED) is 0.0583. The van der Waals surface area contributed by atoms with Crippen molar-refractivity contribution in [2.45, 2.75) is 117 Å². The number of aromatic nitrogens is 5. The number of ether oxygens (including phenoxy) is 4. The first-order chi connectivity index (χ1) is 33.8. The van der Waals surface area contributed by atoms with Gasteiger partial charge in [-0.1, -0.05) is 58.9 Å². The number of rotatable bonds is 16. The first-order valence-electron chi connectivity index (χ1n) is 24.5. The monoisotopic (exact) mass is 955 g/mol. The summed E-state index contributed by atoms with van der Waals surface area (Å²) in [4.78, 5) is 60.3. The number of carbonyl (C=O) groups is 3. The minimum Gasteiger partial charge on any atom is -0.491 e. The van der Waals surface area contributed by atoms with Gasteiger partial charge in [-0.2, -0.15) is 0 Å². The summed E-state index contributed by atoms with van der Waals surface area (Å²) in [6.45, 7) is 13.0. The molecule has 6 aromatic rings. The zero-order valence-corrected chi connectivity index (χ0v) is 41.2. The van der Waals surface area contributed by atoms with E-state index in [2.05, 4.69) is 87.5 Å². The van der Waals surface area contributed by atoms with Gasteiger partial charge in [-0.3, -0.25) is 14.9 Å². The summed E-state index contributed by atoms with van der Waals surface area (Å²) in [7, 11) is 2.68. The van der Waals surface area contributed by atoms with Crippen LogP contribution in [0.4, 0.5) is 4.79 Å². The Bertz CT molecular complexity index is 2850. The Kier molecular flexibility index (Phi) is 14.0. The van der Waals surface area contributed by atoms with Crippen LogP contribution in [0.5, 0.6) is 11.5 Å². The van der Waals surface area contributed by atoms with Gasteiger partial charge in [0, 0.05) is 47.8 Å². The molecule has 3 aliphatic rings. The highest BCUT2D eigenvalue weighted by atomic mass is 16.6. The Morgan fingerprint density at radius 1 is 0.814 bits per heavy atom. The summed E-state index contributed by atoms with van der Waals surface area (Å²) in [6, 6.07) is 21.0. The van der Waals surface area contributed by atoms with Crippen LogP contribution in [-0.4, -0.2) is 109 Å². The van der Waals surface area contributed by atoms with E-state index in [0.717, 1.165) is 88.1 Å². The molecule has 6 heterocycles. The molecule has 0 bridgehead atoms. The maximum atomic E-state index is 13.9. The van der Waals surface area contributed by atoms with Crippen LogP contribution in [0.1, 0.15) is 109 Å². The Morgan fingerprint density at radius 2 is 1.44 bits per heavy atom. The molecular formula is C53H65N9O8. The van der Waals surface area contributed by atoms with Crippen molar-refractivity contribution in [1.82, 2.24) is 44.9 Å². The molecule has 0 saturated carbocycles. The Balaban J connectivity index is 1.03. The molecule has 17 nitrogen and oxygen atoms in total. The summed E-state index contributed by atoms with van der Waals surface area (Å²) < 4.78 is 25.5. The van der Waals surface area contributed by atoms with E-state index in [1.54, 1.807) is 0 Å². The Morgan fingerprint density at radius 3 is 2.06 bits per heavy atom. The standard InChI is InChI=1S/C53H65N9O8/c1-9-31(6)69-36-14-10-13-34(24-36)51-62-40-20-18-32(38-27-54-47(56-38)41-15-11-21-60(41)49(63)45(29(2)3)58-52(65)67-7)23-35(40)25-43(62)37-19-17-33(26-44(37)70-51)39-28-55-48(57-39)42-16-12-22-61(42)50(64)46(30(4)5)59-53(66)68-8/h10,13-14,17-20,23-31,41-42,45-46,51,53,59,66H,9,11-12,15-16,21-22H2,1-8H3,(H,54,56)(H,55,57)(H,58,65). The van der Waals surface area contributed by atoms with Crippen LogP contribution in [0.2, 0.25) is 0 Å². The summed E-state index contributed by atoms with van der Waals surface area (Å²) in [5.74, 6) is 2.39. The number of amides is 3. The lowest BCUT2D eigenvalue weighted by molar-refractivity contribution is -0.145. The number of likely N-dealkylation sites (tertiary alicyclic amines) is 2. The molecule has 0 radical (unpaired) electrons. The minimum absolute atomic E-state index is 0.0403. The molecule has 3 amide bonds. The van der Waals surface area contributed by atoms with E-state index in [1.807, 2.05) is 68.1 Å².